The quantitative estimate of drug-likeness (QED) is 0.808. The maximum absolute atomic E-state index is 12.6. The summed E-state index contributed by atoms with van der Waals surface area (Å²) in [6.07, 6.45) is 0. The largest absolute Gasteiger partial charge is 0.378 e. The molecule has 4 nitrogen and oxygen atoms in total. The van der Waals surface area contributed by atoms with Crippen molar-refractivity contribution in [3.8, 4) is 0 Å². The summed E-state index contributed by atoms with van der Waals surface area (Å²) in [5, 5.41) is 0. The van der Waals surface area contributed by atoms with Gasteiger partial charge in [-0.25, -0.2) is 0 Å². The maximum atomic E-state index is 12.6. The molecule has 2 rings (SSSR count). The molecule has 1 amide bonds. The van der Waals surface area contributed by atoms with Crippen LogP contribution in [0.2, 0.25) is 0 Å². The molecule has 1 unspecified atom stereocenters. The molecule has 0 aliphatic carbocycles. The number of hydrogen-bond acceptors (Lipinski definition) is 3. The molecule has 1 heterocycles. The first kappa shape index (κ1) is 13.9. The third kappa shape index (κ3) is 3.07. The van der Waals surface area contributed by atoms with Crippen molar-refractivity contribution in [1.82, 2.24) is 9.80 Å². The first-order valence-electron chi connectivity index (χ1n) is 6.76. The molecule has 1 saturated heterocycles. The summed E-state index contributed by atoms with van der Waals surface area (Å²) in [7, 11) is 6.08. The van der Waals surface area contributed by atoms with Crippen molar-refractivity contribution in [3.63, 3.8) is 0 Å². The van der Waals surface area contributed by atoms with E-state index in [1.807, 2.05) is 48.2 Å². The molecule has 1 fully saturated rings. The molecule has 0 saturated carbocycles. The van der Waals surface area contributed by atoms with Crippen LogP contribution in [0, 0.1) is 0 Å². The van der Waals surface area contributed by atoms with Gasteiger partial charge in [-0.05, 0) is 32.2 Å². The van der Waals surface area contributed by atoms with Gasteiger partial charge in [0.05, 0.1) is 0 Å². The molecule has 1 aromatic rings. The fourth-order valence-electron chi connectivity index (χ4n) is 2.52. The van der Waals surface area contributed by atoms with E-state index >= 15 is 0 Å². The molecule has 1 aliphatic rings. The molecule has 0 spiro atoms. The number of anilines is 1. The Balaban J connectivity index is 2.17. The lowest BCUT2D eigenvalue weighted by molar-refractivity contribution is 0.0533. The van der Waals surface area contributed by atoms with Crippen LogP contribution in [0.15, 0.2) is 24.3 Å². The molecule has 0 radical (unpaired) electrons. The van der Waals surface area contributed by atoms with Crippen LogP contribution >= 0.6 is 0 Å². The van der Waals surface area contributed by atoms with Gasteiger partial charge >= 0.3 is 0 Å². The zero-order valence-corrected chi connectivity index (χ0v) is 12.3. The highest BCUT2D eigenvalue weighted by Gasteiger charge is 2.26. The van der Waals surface area contributed by atoms with Crippen molar-refractivity contribution in [2.45, 2.75) is 13.0 Å². The summed E-state index contributed by atoms with van der Waals surface area (Å²) in [5.74, 6) is 0.143. The SMILES string of the molecule is CC1CN(C)CCN1C(=O)c1cccc(N(C)C)c1. The first-order valence-corrected chi connectivity index (χ1v) is 6.76. The van der Waals surface area contributed by atoms with E-state index in [0.717, 1.165) is 30.9 Å². The van der Waals surface area contributed by atoms with Crippen LogP contribution in [0.5, 0.6) is 0 Å². The number of carbonyl (C=O) groups is 1. The smallest absolute Gasteiger partial charge is 0.254 e. The molecule has 0 aromatic heterocycles. The zero-order chi connectivity index (χ0) is 14.0. The minimum absolute atomic E-state index is 0.143. The fourth-order valence-corrected chi connectivity index (χ4v) is 2.52. The Morgan fingerprint density at radius 1 is 1.32 bits per heavy atom. The number of carbonyl (C=O) groups excluding carboxylic acids is 1. The van der Waals surface area contributed by atoms with Crippen molar-refractivity contribution in [1.29, 1.82) is 0 Å². The second-order valence-corrected chi connectivity index (χ2v) is 5.55. The monoisotopic (exact) mass is 261 g/mol. The second-order valence-electron chi connectivity index (χ2n) is 5.55. The van der Waals surface area contributed by atoms with Crippen molar-refractivity contribution >= 4 is 11.6 Å². The zero-order valence-electron chi connectivity index (χ0n) is 12.3. The minimum Gasteiger partial charge on any atom is -0.378 e. The van der Waals surface area contributed by atoms with E-state index in [9.17, 15) is 4.79 Å². The van der Waals surface area contributed by atoms with E-state index in [2.05, 4.69) is 18.9 Å². The number of nitrogens with zero attached hydrogens (tertiary/aromatic N) is 3. The van der Waals surface area contributed by atoms with E-state index in [-0.39, 0.29) is 11.9 Å². The Labute approximate surface area is 115 Å². The molecule has 104 valence electrons. The highest BCUT2D eigenvalue weighted by Crippen LogP contribution is 2.17. The van der Waals surface area contributed by atoms with Gasteiger partial charge in [-0.1, -0.05) is 6.07 Å². The van der Waals surface area contributed by atoms with E-state index in [0.29, 0.717) is 0 Å². The van der Waals surface area contributed by atoms with Gasteiger partial charge < -0.3 is 14.7 Å². The predicted molar refractivity (Wildman–Crippen MR) is 78.8 cm³/mol. The molecule has 1 atom stereocenters. The van der Waals surface area contributed by atoms with Crippen LogP contribution in [-0.4, -0.2) is 62.5 Å². The minimum atomic E-state index is 0.143. The van der Waals surface area contributed by atoms with Crippen molar-refractivity contribution < 1.29 is 4.79 Å². The molecule has 1 aromatic carbocycles. The Hall–Kier alpha value is -1.55. The molecule has 1 aliphatic heterocycles. The molecular weight excluding hydrogens is 238 g/mol. The second kappa shape index (κ2) is 5.61. The Kier molecular flexibility index (Phi) is 4.10. The fraction of sp³-hybridized carbons (Fsp3) is 0.533. The van der Waals surface area contributed by atoms with Crippen molar-refractivity contribution in [2.24, 2.45) is 0 Å². The molecular formula is C15H23N3O. The summed E-state index contributed by atoms with van der Waals surface area (Å²) in [4.78, 5) is 18.8. The lowest BCUT2D eigenvalue weighted by Crippen LogP contribution is -2.52. The standard InChI is InChI=1S/C15H23N3O/c1-12-11-17(4)8-9-18(12)15(19)13-6-5-7-14(10-13)16(2)3/h5-7,10,12H,8-9,11H2,1-4H3. The van der Waals surface area contributed by atoms with Gasteiger partial charge in [0.2, 0.25) is 0 Å². The molecule has 19 heavy (non-hydrogen) atoms. The third-order valence-electron chi connectivity index (χ3n) is 3.70. The lowest BCUT2D eigenvalue weighted by Gasteiger charge is -2.38. The van der Waals surface area contributed by atoms with Crippen LogP contribution in [0.25, 0.3) is 0 Å². The van der Waals surface area contributed by atoms with Crippen molar-refractivity contribution in [2.75, 3.05) is 45.7 Å². The third-order valence-corrected chi connectivity index (χ3v) is 3.70. The summed E-state index contributed by atoms with van der Waals surface area (Å²) in [6, 6.07) is 8.11. The normalized spacial score (nSPS) is 20.4. The number of benzene rings is 1. The molecule has 4 heteroatoms. The molecule has 0 bridgehead atoms. The van der Waals surface area contributed by atoms with Crippen LogP contribution in [-0.2, 0) is 0 Å². The van der Waals surface area contributed by atoms with Crippen LogP contribution in [0.3, 0.4) is 0 Å². The number of hydrogen-bond donors (Lipinski definition) is 0. The first-order chi connectivity index (χ1) is 8.99. The number of rotatable bonds is 2. The maximum Gasteiger partial charge on any atom is 0.254 e. The predicted octanol–water partition coefficient (Wildman–Crippen LogP) is 1.53. The van der Waals surface area contributed by atoms with Gasteiger partial charge in [0.1, 0.15) is 0 Å². The average molecular weight is 261 g/mol. The lowest BCUT2D eigenvalue weighted by atomic mass is 10.1. The van der Waals surface area contributed by atoms with Crippen LogP contribution in [0.4, 0.5) is 5.69 Å². The number of piperazine rings is 1. The Bertz CT molecular complexity index is 458. The highest BCUT2D eigenvalue weighted by atomic mass is 16.2. The summed E-state index contributed by atoms with van der Waals surface area (Å²) in [5.41, 5.74) is 1.84. The van der Waals surface area contributed by atoms with E-state index in [1.165, 1.54) is 0 Å². The average Bonchev–Trinajstić information content (AvgIpc) is 2.38. The van der Waals surface area contributed by atoms with E-state index in [1.54, 1.807) is 0 Å². The van der Waals surface area contributed by atoms with Gasteiger partial charge in [0.25, 0.3) is 5.91 Å². The summed E-state index contributed by atoms with van der Waals surface area (Å²) < 4.78 is 0. The van der Waals surface area contributed by atoms with Gasteiger partial charge in [-0.15, -0.1) is 0 Å². The Morgan fingerprint density at radius 2 is 2.05 bits per heavy atom. The van der Waals surface area contributed by atoms with Crippen molar-refractivity contribution in [3.05, 3.63) is 29.8 Å². The molecule has 0 N–H and O–H groups in total. The van der Waals surface area contributed by atoms with Crippen LogP contribution < -0.4 is 4.90 Å². The van der Waals surface area contributed by atoms with E-state index in [4.69, 9.17) is 0 Å². The van der Waals surface area contributed by atoms with Gasteiger partial charge in [0, 0.05) is 51.0 Å². The summed E-state index contributed by atoms with van der Waals surface area (Å²) >= 11 is 0. The Morgan fingerprint density at radius 3 is 2.68 bits per heavy atom. The summed E-state index contributed by atoms with van der Waals surface area (Å²) in [6.45, 7) is 4.81. The van der Waals surface area contributed by atoms with Gasteiger partial charge in [-0.3, -0.25) is 4.79 Å². The highest BCUT2D eigenvalue weighted by molar-refractivity contribution is 5.95. The van der Waals surface area contributed by atoms with Gasteiger partial charge in [-0.2, -0.15) is 0 Å². The number of amides is 1. The number of likely N-dealkylation sites (N-methyl/N-ethyl adjacent to an activating group) is 1. The van der Waals surface area contributed by atoms with Gasteiger partial charge in [0.15, 0.2) is 0 Å². The van der Waals surface area contributed by atoms with E-state index < -0.39 is 0 Å². The topological polar surface area (TPSA) is 26.8 Å². The van der Waals surface area contributed by atoms with Crippen LogP contribution in [0.1, 0.15) is 17.3 Å².